The van der Waals surface area contributed by atoms with Gasteiger partial charge < -0.3 is 10.1 Å². The molecule has 0 saturated heterocycles. The number of hydrogen-bond donors (Lipinski definition) is 1. The molecule has 2 atom stereocenters. The molecular formula is C13H23NO2. The van der Waals surface area contributed by atoms with E-state index in [2.05, 4.69) is 5.32 Å². The molecule has 0 bridgehead atoms. The Morgan fingerprint density at radius 3 is 2.38 bits per heavy atom. The summed E-state index contributed by atoms with van der Waals surface area (Å²) in [7, 11) is 0. The molecule has 2 fully saturated rings. The number of carbonyl (C=O) groups excluding carboxylic acids is 1. The molecular weight excluding hydrogens is 202 g/mol. The fourth-order valence-electron chi connectivity index (χ4n) is 3.11. The van der Waals surface area contributed by atoms with Crippen LogP contribution < -0.4 is 5.32 Å². The highest BCUT2D eigenvalue weighted by molar-refractivity contribution is 5.66. The molecule has 0 aromatic heterocycles. The molecule has 1 amide bonds. The van der Waals surface area contributed by atoms with E-state index in [1.54, 1.807) is 0 Å². The summed E-state index contributed by atoms with van der Waals surface area (Å²) in [6, 6.07) is 0. The number of fused-ring (bicyclic) bond motifs is 1. The molecule has 0 heterocycles. The van der Waals surface area contributed by atoms with E-state index in [9.17, 15) is 4.79 Å². The number of ether oxygens (including phenoxy) is 1. The Morgan fingerprint density at radius 1 is 1.19 bits per heavy atom. The van der Waals surface area contributed by atoms with Crippen molar-refractivity contribution in [2.75, 3.05) is 13.2 Å². The monoisotopic (exact) mass is 225 g/mol. The van der Waals surface area contributed by atoms with Gasteiger partial charge in [-0.1, -0.05) is 25.7 Å². The smallest absolute Gasteiger partial charge is 0.407 e. The van der Waals surface area contributed by atoms with Crippen LogP contribution in [0.25, 0.3) is 0 Å². The number of alkyl carbamates (subject to hydrolysis) is 1. The fourth-order valence-corrected chi connectivity index (χ4v) is 3.11. The van der Waals surface area contributed by atoms with E-state index >= 15 is 0 Å². The maximum Gasteiger partial charge on any atom is 0.407 e. The summed E-state index contributed by atoms with van der Waals surface area (Å²) in [5.41, 5.74) is 0. The van der Waals surface area contributed by atoms with Crippen LogP contribution in [0.15, 0.2) is 0 Å². The Bertz CT molecular complexity index is 228. The SMILES string of the molecule is CCNC(=O)OCC1C2CCCCCCC21. The minimum atomic E-state index is -0.248. The summed E-state index contributed by atoms with van der Waals surface area (Å²) in [5.74, 6) is 2.38. The van der Waals surface area contributed by atoms with Crippen molar-refractivity contribution in [3.05, 3.63) is 0 Å². The zero-order chi connectivity index (χ0) is 11.4. The highest BCUT2D eigenvalue weighted by atomic mass is 16.5. The third kappa shape index (κ3) is 2.89. The van der Waals surface area contributed by atoms with Crippen LogP contribution in [-0.2, 0) is 4.74 Å². The van der Waals surface area contributed by atoms with Gasteiger partial charge in [0, 0.05) is 6.54 Å². The quantitative estimate of drug-likeness (QED) is 0.802. The Kier molecular flexibility index (Phi) is 4.08. The highest BCUT2D eigenvalue weighted by Gasteiger charge is 2.49. The van der Waals surface area contributed by atoms with Crippen molar-refractivity contribution < 1.29 is 9.53 Å². The highest BCUT2D eigenvalue weighted by Crippen LogP contribution is 2.53. The number of carbonyl (C=O) groups is 1. The van der Waals surface area contributed by atoms with Gasteiger partial charge in [-0.2, -0.15) is 0 Å². The Morgan fingerprint density at radius 2 is 1.81 bits per heavy atom. The summed E-state index contributed by atoms with van der Waals surface area (Å²) in [6.45, 7) is 3.20. The van der Waals surface area contributed by atoms with Crippen LogP contribution in [0, 0.1) is 17.8 Å². The zero-order valence-corrected chi connectivity index (χ0v) is 10.2. The van der Waals surface area contributed by atoms with Crippen LogP contribution in [0.2, 0.25) is 0 Å². The van der Waals surface area contributed by atoms with Crippen LogP contribution in [0.1, 0.15) is 45.4 Å². The maximum absolute atomic E-state index is 11.2. The lowest BCUT2D eigenvalue weighted by atomic mass is 10.0. The molecule has 2 unspecified atom stereocenters. The first kappa shape index (κ1) is 11.7. The van der Waals surface area contributed by atoms with E-state index in [4.69, 9.17) is 4.74 Å². The molecule has 2 rings (SSSR count). The molecule has 3 heteroatoms. The lowest BCUT2D eigenvalue weighted by Crippen LogP contribution is -2.24. The van der Waals surface area contributed by atoms with Gasteiger partial charge in [0.25, 0.3) is 0 Å². The molecule has 0 aromatic rings. The molecule has 2 aliphatic rings. The number of nitrogens with one attached hydrogen (secondary N) is 1. The van der Waals surface area contributed by atoms with E-state index < -0.39 is 0 Å². The molecule has 3 nitrogen and oxygen atoms in total. The molecule has 16 heavy (non-hydrogen) atoms. The molecule has 1 N–H and O–H groups in total. The lowest BCUT2D eigenvalue weighted by Gasteiger charge is -2.05. The van der Waals surface area contributed by atoms with Gasteiger partial charge in [-0.3, -0.25) is 0 Å². The van der Waals surface area contributed by atoms with Gasteiger partial charge in [0.2, 0.25) is 0 Å². The Labute approximate surface area is 97.9 Å². The van der Waals surface area contributed by atoms with Crippen molar-refractivity contribution in [2.45, 2.75) is 45.4 Å². The van der Waals surface area contributed by atoms with E-state index in [1.165, 1.54) is 38.5 Å². The Hall–Kier alpha value is -0.730. The minimum Gasteiger partial charge on any atom is -0.449 e. The maximum atomic E-state index is 11.2. The van der Waals surface area contributed by atoms with Crippen LogP contribution in [0.3, 0.4) is 0 Å². The summed E-state index contributed by atoms with van der Waals surface area (Å²) in [6.07, 6.45) is 8.00. The van der Waals surface area contributed by atoms with E-state index in [1.807, 2.05) is 6.92 Å². The molecule has 2 saturated carbocycles. The van der Waals surface area contributed by atoms with Gasteiger partial charge in [0.15, 0.2) is 0 Å². The number of hydrogen-bond acceptors (Lipinski definition) is 2. The first-order valence-corrected chi connectivity index (χ1v) is 6.73. The van der Waals surface area contributed by atoms with Crippen LogP contribution >= 0.6 is 0 Å². The van der Waals surface area contributed by atoms with Crippen molar-refractivity contribution in [1.82, 2.24) is 5.32 Å². The summed E-state index contributed by atoms with van der Waals surface area (Å²) in [4.78, 5) is 11.2. The summed E-state index contributed by atoms with van der Waals surface area (Å²) >= 11 is 0. The van der Waals surface area contributed by atoms with Crippen molar-refractivity contribution >= 4 is 6.09 Å². The van der Waals surface area contributed by atoms with Gasteiger partial charge in [0.05, 0.1) is 6.61 Å². The van der Waals surface area contributed by atoms with Crippen LogP contribution in [0.4, 0.5) is 4.79 Å². The third-order valence-corrected chi connectivity index (χ3v) is 4.06. The average molecular weight is 225 g/mol. The normalized spacial score (nSPS) is 33.2. The third-order valence-electron chi connectivity index (χ3n) is 4.06. The summed E-state index contributed by atoms with van der Waals surface area (Å²) in [5, 5.41) is 2.67. The average Bonchev–Trinajstić information content (AvgIpc) is 2.86. The topological polar surface area (TPSA) is 38.3 Å². The van der Waals surface area contributed by atoms with Crippen LogP contribution in [0.5, 0.6) is 0 Å². The van der Waals surface area contributed by atoms with Crippen molar-refractivity contribution in [2.24, 2.45) is 17.8 Å². The lowest BCUT2D eigenvalue weighted by molar-refractivity contribution is 0.138. The first-order valence-electron chi connectivity index (χ1n) is 6.73. The standard InChI is InChI=1S/C13H23NO2/c1-2-14-13(15)16-9-12-10-7-5-3-4-6-8-11(10)12/h10-12H,2-9H2,1H3,(H,14,15). The minimum absolute atomic E-state index is 0.248. The number of rotatable bonds is 3. The van der Waals surface area contributed by atoms with Crippen molar-refractivity contribution in [3.63, 3.8) is 0 Å². The second kappa shape index (κ2) is 5.55. The molecule has 0 aromatic carbocycles. The second-order valence-corrected chi connectivity index (χ2v) is 5.11. The summed E-state index contributed by atoms with van der Waals surface area (Å²) < 4.78 is 5.23. The number of amides is 1. The molecule has 0 radical (unpaired) electrons. The fraction of sp³-hybridized carbons (Fsp3) is 0.923. The predicted octanol–water partition coefficient (Wildman–Crippen LogP) is 2.95. The molecule has 0 spiro atoms. The van der Waals surface area contributed by atoms with Crippen LogP contribution in [-0.4, -0.2) is 19.2 Å². The first-order chi connectivity index (χ1) is 7.83. The largest absolute Gasteiger partial charge is 0.449 e. The van der Waals surface area contributed by atoms with Crippen molar-refractivity contribution in [3.8, 4) is 0 Å². The van der Waals surface area contributed by atoms with E-state index in [0.29, 0.717) is 19.1 Å². The van der Waals surface area contributed by atoms with Gasteiger partial charge in [-0.15, -0.1) is 0 Å². The Balaban J connectivity index is 1.69. The predicted molar refractivity (Wildman–Crippen MR) is 63.2 cm³/mol. The van der Waals surface area contributed by atoms with Crippen molar-refractivity contribution in [1.29, 1.82) is 0 Å². The van der Waals surface area contributed by atoms with Gasteiger partial charge in [-0.25, -0.2) is 4.79 Å². The molecule has 0 aliphatic heterocycles. The van der Waals surface area contributed by atoms with Gasteiger partial charge in [0.1, 0.15) is 0 Å². The zero-order valence-electron chi connectivity index (χ0n) is 10.2. The van der Waals surface area contributed by atoms with Gasteiger partial charge in [-0.05, 0) is 37.5 Å². The van der Waals surface area contributed by atoms with Gasteiger partial charge >= 0.3 is 6.09 Å². The molecule has 2 aliphatic carbocycles. The molecule has 92 valence electrons. The van der Waals surface area contributed by atoms with E-state index in [-0.39, 0.29) is 6.09 Å². The van der Waals surface area contributed by atoms with E-state index in [0.717, 1.165) is 11.8 Å². The second-order valence-electron chi connectivity index (χ2n) is 5.11.